The van der Waals surface area contributed by atoms with Crippen molar-refractivity contribution in [2.45, 2.75) is 19.8 Å². The van der Waals surface area contributed by atoms with E-state index in [2.05, 4.69) is 6.92 Å². The Bertz CT molecular complexity index is 944. The van der Waals surface area contributed by atoms with Crippen LogP contribution in [0.15, 0.2) is 44.0 Å². The molecule has 2 aromatic heterocycles. The van der Waals surface area contributed by atoms with Gasteiger partial charge in [0, 0.05) is 19.2 Å². The van der Waals surface area contributed by atoms with Crippen molar-refractivity contribution in [1.82, 2.24) is 4.90 Å². The van der Waals surface area contributed by atoms with Gasteiger partial charge in [-0.25, -0.2) is 0 Å². The molecule has 1 saturated heterocycles. The van der Waals surface area contributed by atoms with Gasteiger partial charge in [-0.3, -0.25) is 9.59 Å². The summed E-state index contributed by atoms with van der Waals surface area (Å²) in [6.07, 6.45) is 1.99. The molecule has 0 radical (unpaired) electrons. The fourth-order valence-corrected chi connectivity index (χ4v) is 3.07. The second kappa shape index (κ2) is 5.26. The van der Waals surface area contributed by atoms with Crippen LogP contribution in [0.3, 0.4) is 0 Å². The molecule has 0 saturated carbocycles. The molecule has 3 aromatic rings. The second-order valence-electron chi connectivity index (χ2n) is 6.21. The molecule has 0 atom stereocenters. The van der Waals surface area contributed by atoms with Gasteiger partial charge in [0.15, 0.2) is 5.76 Å². The van der Waals surface area contributed by atoms with E-state index in [-0.39, 0.29) is 22.9 Å². The standard InChI is InChI=1S/C18H17NO4/c1-11-6-8-19(9-7-11)17(21)15-10-13-16(20)12-4-2-3-5-14(12)22-18(13)23-15/h2-5,10-11H,6-9H2,1H3. The maximum atomic E-state index is 12.6. The Kier molecular flexibility index (Phi) is 3.22. The number of furan rings is 1. The smallest absolute Gasteiger partial charge is 0.302 e. The normalized spacial score (nSPS) is 16.3. The van der Waals surface area contributed by atoms with Gasteiger partial charge in [-0.2, -0.15) is 0 Å². The van der Waals surface area contributed by atoms with Crippen molar-refractivity contribution in [3.8, 4) is 0 Å². The van der Waals surface area contributed by atoms with Crippen molar-refractivity contribution in [3.63, 3.8) is 0 Å². The zero-order valence-electron chi connectivity index (χ0n) is 12.9. The topological polar surface area (TPSA) is 63.7 Å². The van der Waals surface area contributed by atoms with Crippen LogP contribution in [0, 0.1) is 5.92 Å². The average Bonchev–Trinajstić information content (AvgIpc) is 2.99. The number of amides is 1. The van der Waals surface area contributed by atoms with Gasteiger partial charge >= 0.3 is 5.78 Å². The molecule has 23 heavy (non-hydrogen) atoms. The van der Waals surface area contributed by atoms with Crippen molar-refractivity contribution >= 4 is 28.0 Å². The molecule has 118 valence electrons. The molecule has 1 amide bonds. The second-order valence-corrected chi connectivity index (χ2v) is 6.21. The highest BCUT2D eigenvalue weighted by Crippen LogP contribution is 2.24. The molecular formula is C18H17NO4. The number of piperidine rings is 1. The molecule has 1 fully saturated rings. The van der Waals surface area contributed by atoms with Crippen LogP contribution >= 0.6 is 0 Å². The fraction of sp³-hybridized carbons (Fsp3) is 0.333. The number of carbonyl (C=O) groups excluding carboxylic acids is 1. The summed E-state index contributed by atoms with van der Waals surface area (Å²) in [5.74, 6) is 0.753. The summed E-state index contributed by atoms with van der Waals surface area (Å²) >= 11 is 0. The number of likely N-dealkylation sites (tertiary alicyclic amines) is 1. The van der Waals surface area contributed by atoms with E-state index in [1.165, 1.54) is 6.07 Å². The molecule has 0 aliphatic carbocycles. The first kappa shape index (κ1) is 14.1. The van der Waals surface area contributed by atoms with E-state index in [1.54, 1.807) is 29.2 Å². The van der Waals surface area contributed by atoms with Crippen LogP contribution in [0.4, 0.5) is 0 Å². The van der Waals surface area contributed by atoms with Gasteiger partial charge in [-0.15, -0.1) is 0 Å². The highest BCUT2D eigenvalue weighted by molar-refractivity contribution is 5.97. The van der Waals surface area contributed by atoms with Crippen LogP contribution in [-0.2, 0) is 0 Å². The summed E-state index contributed by atoms with van der Waals surface area (Å²) < 4.78 is 11.2. The molecule has 5 heteroatoms. The van der Waals surface area contributed by atoms with Gasteiger partial charge in [-0.1, -0.05) is 19.1 Å². The van der Waals surface area contributed by atoms with E-state index in [0.717, 1.165) is 25.9 Å². The lowest BCUT2D eigenvalue weighted by molar-refractivity contribution is 0.0665. The van der Waals surface area contributed by atoms with Crippen LogP contribution in [0.25, 0.3) is 22.1 Å². The Hall–Kier alpha value is -2.56. The number of carbonyl (C=O) groups is 1. The van der Waals surface area contributed by atoms with Crippen molar-refractivity contribution in [2.24, 2.45) is 5.92 Å². The van der Waals surface area contributed by atoms with Crippen LogP contribution in [0.2, 0.25) is 0 Å². The highest BCUT2D eigenvalue weighted by Gasteiger charge is 2.25. The Morgan fingerprint density at radius 1 is 1.13 bits per heavy atom. The Balaban J connectivity index is 1.77. The molecule has 3 heterocycles. The number of benzene rings is 1. The van der Waals surface area contributed by atoms with E-state index in [9.17, 15) is 9.59 Å². The number of para-hydroxylation sites is 1. The first-order chi connectivity index (χ1) is 11.1. The fourth-order valence-electron chi connectivity index (χ4n) is 3.07. The molecule has 5 nitrogen and oxygen atoms in total. The molecule has 1 aliphatic rings. The van der Waals surface area contributed by atoms with Gasteiger partial charge in [0.2, 0.25) is 5.43 Å². The predicted molar refractivity (Wildman–Crippen MR) is 86.6 cm³/mol. The SMILES string of the molecule is CC1CCN(C(=O)c2cc3c(=O)c4ccccc4oc3o2)CC1. The van der Waals surface area contributed by atoms with Gasteiger partial charge < -0.3 is 13.7 Å². The highest BCUT2D eigenvalue weighted by atomic mass is 16.5. The summed E-state index contributed by atoms with van der Waals surface area (Å²) in [5, 5.41) is 0.809. The van der Waals surface area contributed by atoms with Crippen LogP contribution in [0.5, 0.6) is 0 Å². The zero-order chi connectivity index (χ0) is 16.0. The van der Waals surface area contributed by atoms with Crippen LogP contribution in [-0.4, -0.2) is 23.9 Å². The van der Waals surface area contributed by atoms with Crippen LogP contribution in [0.1, 0.15) is 30.3 Å². The molecule has 0 unspecified atom stereocenters. The first-order valence-electron chi connectivity index (χ1n) is 7.88. The van der Waals surface area contributed by atoms with Crippen molar-refractivity contribution in [3.05, 3.63) is 46.3 Å². The first-order valence-corrected chi connectivity index (χ1v) is 7.88. The molecule has 4 rings (SSSR count). The summed E-state index contributed by atoms with van der Waals surface area (Å²) in [5.41, 5.74) is 0.294. The van der Waals surface area contributed by atoms with Gasteiger partial charge in [0.25, 0.3) is 5.91 Å². The minimum atomic E-state index is -0.174. The quantitative estimate of drug-likeness (QED) is 0.691. The van der Waals surface area contributed by atoms with Gasteiger partial charge in [-0.05, 0) is 30.9 Å². The summed E-state index contributed by atoms with van der Waals surface area (Å²) in [4.78, 5) is 26.8. The van der Waals surface area contributed by atoms with Crippen molar-refractivity contribution in [1.29, 1.82) is 0 Å². The maximum Gasteiger partial charge on any atom is 0.302 e. The predicted octanol–water partition coefficient (Wildman–Crippen LogP) is 3.41. The molecular weight excluding hydrogens is 294 g/mol. The lowest BCUT2D eigenvalue weighted by atomic mass is 9.99. The molecule has 1 aromatic carbocycles. The number of hydrogen-bond donors (Lipinski definition) is 0. The molecule has 0 N–H and O–H groups in total. The number of nitrogens with zero attached hydrogens (tertiary/aromatic N) is 1. The third-order valence-electron chi connectivity index (χ3n) is 4.56. The number of hydrogen-bond acceptors (Lipinski definition) is 4. The van der Waals surface area contributed by atoms with E-state index in [0.29, 0.717) is 22.3 Å². The summed E-state index contributed by atoms with van der Waals surface area (Å²) in [6.45, 7) is 3.64. The monoisotopic (exact) mass is 311 g/mol. The van der Waals surface area contributed by atoms with Gasteiger partial charge in [0.05, 0.1) is 5.39 Å². The average molecular weight is 311 g/mol. The third kappa shape index (κ3) is 2.32. The molecule has 0 spiro atoms. The largest absolute Gasteiger partial charge is 0.425 e. The van der Waals surface area contributed by atoms with E-state index >= 15 is 0 Å². The molecule has 0 bridgehead atoms. The molecule has 1 aliphatic heterocycles. The summed E-state index contributed by atoms with van der Waals surface area (Å²) in [6, 6.07) is 8.51. The van der Waals surface area contributed by atoms with E-state index < -0.39 is 0 Å². The Labute approximate surface area is 132 Å². The minimum absolute atomic E-state index is 0.113. The summed E-state index contributed by atoms with van der Waals surface area (Å²) in [7, 11) is 0. The number of fused-ring (bicyclic) bond motifs is 2. The van der Waals surface area contributed by atoms with Crippen LogP contribution < -0.4 is 5.43 Å². The Morgan fingerprint density at radius 2 is 1.87 bits per heavy atom. The maximum absolute atomic E-state index is 12.6. The van der Waals surface area contributed by atoms with Crippen molar-refractivity contribution in [2.75, 3.05) is 13.1 Å². The van der Waals surface area contributed by atoms with Gasteiger partial charge in [0.1, 0.15) is 11.0 Å². The van der Waals surface area contributed by atoms with E-state index in [1.807, 2.05) is 0 Å². The lowest BCUT2D eigenvalue weighted by Gasteiger charge is -2.29. The minimum Gasteiger partial charge on any atom is -0.425 e. The zero-order valence-corrected chi connectivity index (χ0v) is 12.9. The lowest BCUT2D eigenvalue weighted by Crippen LogP contribution is -2.37. The van der Waals surface area contributed by atoms with E-state index in [4.69, 9.17) is 8.83 Å². The van der Waals surface area contributed by atoms with Crippen molar-refractivity contribution < 1.29 is 13.6 Å². The third-order valence-corrected chi connectivity index (χ3v) is 4.56. The number of rotatable bonds is 1. The Morgan fingerprint density at radius 3 is 2.65 bits per heavy atom.